The molecular weight excluding hydrogens is 282 g/mol. The summed E-state index contributed by atoms with van der Waals surface area (Å²) < 4.78 is 36.1. The second-order valence-electron chi connectivity index (χ2n) is 3.76. The molecule has 0 spiro atoms. The quantitative estimate of drug-likeness (QED) is 0.608. The van der Waals surface area contributed by atoms with Gasteiger partial charge in [0.15, 0.2) is 18.9 Å². The molecule has 0 amide bonds. The third-order valence-electron chi connectivity index (χ3n) is 2.20. The molecule has 1 aromatic carbocycles. The minimum absolute atomic E-state index is 0.912. The summed E-state index contributed by atoms with van der Waals surface area (Å²) in [5.74, 6) is 0. The van der Waals surface area contributed by atoms with Crippen LogP contribution < -0.4 is 23.2 Å². The van der Waals surface area contributed by atoms with Gasteiger partial charge in [0.1, 0.15) is 0 Å². The summed E-state index contributed by atoms with van der Waals surface area (Å²) in [5.41, 5.74) is 1.24. The van der Waals surface area contributed by atoms with E-state index < -0.39 is 10.2 Å². The maximum Gasteiger partial charge on any atom is 0.169 e. The minimum Gasteiger partial charge on any atom is -0.222 e. The van der Waals surface area contributed by atoms with Crippen molar-refractivity contribution >= 4 is 6.08 Å². The predicted molar refractivity (Wildman–Crippen MR) is 62.1 cm³/mol. The molecule has 0 bridgehead atoms. The third kappa shape index (κ3) is 9.21. The summed E-state index contributed by atoms with van der Waals surface area (Å²) in [6.45, 7) is 0.912. The highest BCUT2D eigenvalue weighted by atomic mass is 35.7. The van der Waals surface area contributed by atoms with Crippen LogP contribution in [0.3, 0.4) is 0 Å². The number of halogens is 1. The molecule has 0 saturated carbocycles. The van der Waals surface area contributed by atoms with Crippen LogP contribution >= 0.6 is 0 Å². The van der Waals surface area contributed by atoms with E-state index in [1.807, 2.05) is 24.3 Å². The van der Waals surface area contributed by atoms with Crippen molar-refractivity contribution in [1.82, 2.24) is 0 Å². The van der Waals surface area contributed by atoms with Gasteiger partial charge in [-0.25, -0.2) is 23.2 Å². The molecule has 2 aromatic rings. The Morgan fingerprint density at radius 1 is 0.850 bits per heavy atom. The summed E-state index contributed by atoms with van der Waals surface area (Å²) in [4.78, 5) is 0. The molecule has 20 heavy (non-hydrogen) atoms. The Kier molecular flexibility index (Phi) is 6.86. The predicted octanol–water partition coefficient (Wildman–Crippen LogP) is -2.07. The van der Waals surface area contributed by atoms with Gasteiger partial charge in [0.25, 0.3) is 0 Å². The van der Waals surface area contributed by atoms with Gasteiger partial charge in [-0.2, -0.15) is 0 Å². The number of pyridine rings is 1. The van der Waals surface area contributed by atoms with Crippen molar-refractivity contribution in [2.45, 2.75) is 6.54 Å². The van der Waals surface area contributed by atoms with Crippen LogP contribution in [0, 0.1) is 10.2 Å². The lowest BCUT2D eigenvalue weighted by atomic mass is 10.2. The minimum atomic E-state index is -4.94. The average Bonchev–Trinajstić information content (AvgIpc) is 2.39. The van der Waals surface area contributed by atoms with E-state index in [2.05, 4.69) is 53.4 Å². The average molecular weight is 296 g/mol. The smallest absolute Gasteiger partial charge is 0.169 e. The van der Waals surface area contributed by atoms with Gasteiger partial charge in [-0.15, -0.1) is 10.2 Å². The van der Waals surface area contributed by atoms with Gasteiger partial charge in [-0.05, 0) is 11.6 Å². The molecule has 6 heteroatoms. The zero-order chi connectivity index (χ0) is 14.8. The van der Waals surface area contributed by atoms with Crippen molar-refractivity contribution in [1.29, 1.82) is 0 Å². The van der Waals surface area contributed by atoms with Crippen LogP contribution in [-0.4, -0.2) is 0 Å². The fourth-order valence-corrected chi connectivity index (χ4v) is 1.43. The van der Waals surface area contributed by atoms with E-state index in [0.29, 0.717) is 0 Å². The number of hydrogen-bond donors (Lipinski definition) is 0. The molecule has 0 aliphatic carbocycles. The van der Waals surface area contributed by atoms with Crippen LogP contribution in [0.2, 0.25) is 0 Å². The number of nitrogens with zero attached hydrogens (tertiary/aromatic N) is 1. The lowest BCUT2D eigenvalue weighted by molar-refractivity contribution is -2.00. The van der Waals surface area contributed by atoms with Crippen molar-refractivity contribution in [2.75, 3.05) is 0 Å². The first kappa shape index (κ1) is 16.3. The Labute approximate surface area is 119 Å². The number of rotatable bonds is 3. The SMILES string of the molecule is C(=C\c1ccccc1)/C[n+]1ccccc1.[O-][Cl+3]([O-])([O-])[O-]. The summed E-state index contributed by atoms with van der Waals surface area (Å²) in [6.07, 6.45) is 8.43. The summed E-state index contributed by atoms with van der Waals surface area (Å²) in [7, 11) is -4.94. The van der Waals surface area contributed by atoms with Crippen LogP contribution in [0.25, 0.3) is 6.08 Å². The van der Waals surface area contributed by atoms with Crippen molar-refractivity contribution in [3.05, 3.63) is 72.6 Å². The number of hydrogen-bond acceptors (Lipinski definition) is 4. The first-order chi connectivity index (χ1) is 9.45. The summed E-state index contributed by atoms with van der Waals surface area (Å²) >= 11 is 0. The van der Waals surface area contributed by atoms with Crippen LogP contribution in [-0.2, 0) is 6.54 Å². The molecule has 0 N–H and O–H groups in total. The Hall–Kier alpha value is -1.76. The lowest BCUT2D eigenvalue weighted by Gasteiger charge is -2.17. The molecule has 2 rings (SSSR count). The van der Waals surface area contributed by atoms with Crippen LogP contribution in [0.1, 0.15) is 5.56 Å². The van der Waals surface area contributed by atoms with E-state index in [0.717, 1.165) is 6.54 Å². The van der Waals surface area contributed by atoms with Gasteiger partial charge in [0, 0.05) is 12.1 Å². The monoisotopic (exact) mass is 295 g/mol. The molecule has 0 aliphatic heterocycles. The number of allylic oxidation sites excluding steroid dienone is 1. The van der Waals surface area contributed by atoms with E-state index >= 15 is 0 Å². The van der Waals surface area contributed by atoms with Crippen LogP contribution in [0.5, 0.6) is 0 Å². The van der Waals surface area contributed by atoms with E-state index in [4.69, 9.17) is 18.6 Å². The van der Waals surface area contributed by atoms with Gasteiger partial charge < -0.3 is 0 Å². The van der Waals surface area contributed by atoms with E-state index in [9.17, 15) is 0 Å². The summed E-state index contributed by atoms with van der Waals surface area (Å²) in [6, 6.07) is 16.4. The second kappa shape index (κ2) is 8.42. The third-order valence-corrected chi connectivity index (χ3v) is 2.20. The Morgan fingerprint density at radius 3 is 1.90 bits per heavy atom. The van der Waals surface area contributed by atoms with E-state index in [1.165, 1.54) is 5.56 Å². The van der Waals surface area contributed by atoms with Gasteiger partial charge in [0.2, 0.25) is 0 Å². The van der Waals surface area contributed by atoms with E-state index in [-0.39, 0.29) is 0 Å². The maximum absolute atomic E-state index is 8.49. The first-order valence-electron chi connectivity index (χ1n) is 5.72. The van der Waals surface area contributed by atoms with Crippen LogP contribution in [0.15, 0.2) is 67.0 Å². The fraction of sp³-hybridized carbons (Fsp3) is 0.0714. The largest absolute Gasteiger partial charge is 0.222 e. The van der Waals surface area contributed by atoms with Gasteiger partial charge in [0.05, 0.1) is 0 Å². The molecule has 1 aromatic heterocycles. The normalized spacial score (nSPS) is 11.0. The Bertz CT molecular complexity index is 506. The van der Waals surface area contributed by atoms with Gasteiger partial charge in [-0.1, -0.05) is 42.5 Å². The Balaban J connectivity index is 0.000000347. The molecule has 0 radical (unpaired) electrons. The molecular formula is C14H14ClNO4. The summed E-state index contributed by atoms with van der Waals surface area (Å²) in [5, 5.41) is 0. The molecule has 1 heterocycles. The highest BCUT2D eigenvalue weighted by Gasteiger charge is 1.91. The molecule has 5 nitrogen and oxygen atoms in total. The number of benzene rings is 1. The fourth-order valence-electron chi connectivity index (χ4n) is 1.43. The first-order valence-corrected chi connectivity index (χ1v) is 6.96. The Morgan fingerprint density at radius 2 is 1.35 bits per heavy atom. The molecule has 106 valence electrons. The highest BCUT2D eigenvalue weighted by Crippen LogP contribution is 2.00. The molecule has 0 saturated heterocycles. The highest BCUT2D eigenvalue weighted by molar-refractivity contribution is 5.48. The number of aromatic nitrogens is 1. The molecule has 0 aliphatic rings. The van der Waals surface area contributed by atoms with Crippen LogP contribution in [0.4, 0.5) is 0 Å². The zero-order valence-electron chi connectivity index (χ0n) is 10.6. The lowest BCUT2D eigenvalue weighted by Crippen LogP contribution is -2.68. The van der Waals surface area contributed by atoms with Crippen molar-refractivity contribution in [3.8, 4) is 0 Å². The zero-order valence-corrected chi connectivity index (χ0v) is 11.3. The maximum atomic E-state index is 8.49. The van der Waals surface area contributed by atoms with E-state index in [1.54, 1.807) is 0 Å². The molecule has 0 unspecified atom stereocenters. The second-order valence-corrected chi connectivity index (χ2v) is 4.52. The molecule has 0 fully saturated rings. The topological polar surface area (TPSA) is 96.1 Å². The van der Waals surface area contributed by atoms with Gasteiger partial charge in [-0.3, -0.25) is 0 Å². The molecule has 0 atom stereocenters. The van der Waals surface area contributed by atoms with Gasteiger partial charge >= 0.3 is 0 Å². The van der Waals surface area contributed by atoms with Crippen molar-refractivity contribution in [2.24, 2.45) is 0 Å². The standard InChI is InChI=1S/C14H14N.ClHO4/c1-3-8-14(9-4-1)10-7-13-15-11-5-2-6-12-15;2-1(3,4)5/h1-12H,13H2;(H,2,3,4,5)/q+1;/p-1/b10-7+;. The van der Waals surface area contributed by atoms with Crippen molar-refractivity contribution in [3.63, 3.8) is 0 Å². The van der Waals surface area contributed by atoms with Crippen molar-refractivity contribution < 1.29 is 33.4 Å².